The van der Waals surface area contributed by atoms with Gasteiger partial charge < -0.3 is 76.2 Å². The highest BCUT2D eigenvalue weighted by molar-refractivity contribution is 5.99. The zero-order valence-electron chi connectivity index (χ0n) is 40.1. The highest BCUT2D eigenvalue weighted by atomic mass is 16.2. The van der Waals surface area contributed by atoms with E-state index in [1.54, 1.807) is 42.6 Å². The fourth-order valence-electron chi connectivity index (χ4n) is 7.88. The standard InChI is InChI=1S/C47H67N15O10/c1-26(63)56-33(16-17-38(49)64)42(68)62-37-24-39(65)53-20-8-7-14-31(40(50)66)57-45(71)36(23-28-25-55-30-13-6-5-12-29(28)30)61-41(67)32(15-9-21-54-47(51)52)58-44(70)35(22-27-10-3-2-4-11-27)60-43(69)34(18-19-48)59-46(37)72/h2-6,10-13,25,31-37,55H,7-9,14-24,48H2,1H3,(H2,49,64)(H2,50,66)(H,53,65)(H,56,63)(H,57,71)(H,58,70)(H,59,72)(H,60,69)(H,61,67)(H,62,68)(H4,51,52,54). The number of hydrogen-bond donors (Lipinski definition) is 14. The van der Waals surface area contributed by atoms with E-state index in [1.165, 1.54) is 0 Å². The van der Waals surface area contributed by atoms with Crippen LogP contribution in [0.5, 0.6) is 0 Å². The number of H-pyrrole nitrogens is 1. The van der Waals surface area contributed by atoms with Crippen molar-refractivity contribution in [3.8, 4) is 0 Å². The number of guanidine groups is 1. The number of carbonyl (C=O) groups is 10. The third kappa shape index (κ3) is 18.7. The maximum Gasteiger partial charge on any atom is 0.243 e. The van der Waals surface area contributed by atoms with Crippen molar-refractivity contribution in [2.75, 3.05) is 19.6 Å². The van der Waals surface area contributed by atoms with E-state index >= 15 is 0 Å². The number of hydrogen-bond acceptors (Lipinski definition) is 12. The van der Waals surface area contributed by atoms with E-state index in [1.807, 2.05) is 18.2 Å². The van der Waals surface area contributed by atoms with Gasteiger partial charge in [0.05, 0.1) is 6.42 Å². The van der Waals surface area contributed by atoms with Crippen LogP contribution in [0.2, 0.25) is 0 Å². The molecule has 25 nitrogen and oxygen atoms in total. The van der Waals surface area contributed by atoms with Gasteiger partial charge in [-0.1, -0.05) is 48.5 Å². The number of nitrogens with one attached hydrogen (secondary N) is 9. The van der Waals surface area contributed by atoms with Crippen molar-refractivity contribution in [2.24, 2.45) is 33.7 Å². The first-order valence-electron chi connectivity index (χ1n) is 23.6. The molecule has 4 rings (SSSR count). The van der Waals surface area contributed by atoms with E-state index in [9.17, 15) is 47.9 Å². The van der Waals surface area contributed by atoms with Gasteiger partial charge in [0.2, 0.25) is 59.1 Å². The lowest BCUT2D eigenvalue weighted by Crippen LogP contribution is -2.61. The minimum atomic E-state index is -1.68. The Morgan fingerprint density at radius 2 is 1.35 bits per heavy atom. The average molecular weight is 1000 g/mol. The van der Waals surface area contributed by atoms with Crippen molar-refractivity contribution in [1.29, 1.82) is 0 Å². The molecule has 1 fully saturated rings. The van der Waals surface area contributed by atoms with Crippen molar-refractivity contribution in [1.82, 2.24) is 47.5 Å². The summed E-state index contributed by atoms with van der Waals surface area (Å²) in [7, 11) is 0. The van der Waals surface area contributed by atoms with Crippen LogP contribution in [0.3, 0.4) is 0 Å². The summed E-state index contributed by atoms with van der Waals surface area (Å²) in [5, 5.41) is 21.6. The maximum atomic E-state index is 14.5. The Morgan fingerprint density at radius 3 is 2.00 bits per heavy atom. The van der Waals surface area contributed by atoms with Crippen molar-refractivity contribution in [2.45, 2.75) is 120 Å². The molecule has 25 heteroatoms. The lowest BCUT2D eigenvalue weighted by Gasteiger charge is -2.28. The minimum absolute atomic E-state index is 0.000466. The smallest absolute Gasteiger partial charge is 0.243 e. The lowest BCUT2D eigenvalue weighted by molar-refractivity contribution is -0.136. The SMILES string of the molecule is CC(=O)NC(CCC(N)=O)C(=O)NC1CC(=O)NCCCCC(C(N)=O)NC(=O)C(Cc2c[nH]c3ccccc23)NC(=O)C(CCCN=C(N)N)NC(=O)C(Cc2ccccc2)NC(=O)C(CCN)NC1=O. The zero-order valence-corrected chi connectivity index (χ0v) is 40.1. The van der Waals surface area contributed by atoms with Crippen LogP contribution in [0.1, 0.15) is 75.8 Å². The molecule has 2 heterocycles. The number of benzene rings is 2. The van der Waals surface area contributed by atoms with Gasteiger partial charge in [-0.15, -0.1) is 0 Å². The maximum absolute atomic E-state index is 14.5. The molecule has 7 atom stereocenters. The number of fused-ring (bicyclic) bond motifs is 1. The number of nitrogens with two attached hydrogens (primary N) is 5. The summed E-state index contributed by atoms with van der Waals surface area (Å²) >= 11 is 0. The van der Waals surface area contributed by atoms with Crippen LogP contribution in [-0.2, 0) is 60.8 Å². The van der Waals surface area contributed by atoms with Gasteiger partial charge in [-0.25, -0.2) is 0 Å². The predicted octanol–water partition coefficient (Wildman–Crippen LogP) is -3.79. The van der Waals surface area contributed by atoms with Gasteiger partial charge in [0, 0.05) is 56.4 Å². The number of primary amides is 2. The normalized spacial score (nSPS) is 21.5. The molecule has 0 radical (unpaired) electrons. The Bertz CT molecular complexity index is 2430. The predicted molar refractivity (Wildman–Crippen MR) is 264 cm³/mol. The van der Waals surface area contributed by atoms with Crippen LogP contribution in [0, 0.1) is 0 Å². The Morgan fingerprint density at radius 1 is 0.736 bits per heavy atom. The quantitative estimate of drug-likeness (QED) is 0.0351. The zero-order chi connectivity index (χ0) is 52.7. The number of aromatic amines is 1. The minimum Gasteiger partial charge on any atom is -0.370 e. The first-order chi connectivity index (χ1) is 34.3. The second-order valence-electron chi connectivity index (χ2n) is 17.4. The molecule has 72 heavy (non-hydrogen) atoms. The number of nitrogens with zero attached hydrogens (tertiary/aromatic N) is 1. The second kappa shape index (κ2) is 28.5. The highest BCUT2D eigenvalue weighted by Crippen LogP contribution is 2.20. The van der Waals surface area contributed by atoms with Gasteiger partial charge in [0.25, 0.3) is 0 Å². The topological polar surface area (TPSA) is 425 Å². The molecule has 0 saturated carbocycles. The number of rotatable bonds is 17. The fourth-order valence-corrected chi connectivity index (χ4v) is 7.88. The molecule has 0 bridgehead atoms. The lowest BCUT2D eigenvalue weighted by atomic mass is 10.0. The molecule has 0 spiro atoms. The molecular weight excluding hydrogens is 935 g/mol. The third-order valence-corrected chi connectivity index (χ3v) is 11.6. The Kier molecular flexibility index (Phi) is 22.4. The van der Waals surface area contributed by atoms with E-state index in [0.29, 0.717) is 11.1 Å². The van der Waals surface area contributed by atoms with Crippen LogP contribution in [0.25, 0.3) is 10.9 Å². The Labute approximate surface area is 415 Å². The fraction of sp³-hybridized carbons (Fsp3) is 0.468. The van der Waals surface area contributed by atoms with Crippen LogP contribution in [0.15, 0.2) is 65.8 Å². The van der Waals surface area contributed by atoms with Gasteiger partial charge >= 0.3 is 0 Å². The van der Waals surface area contributed by atoms with Gasteiger partial charge in [-0.2, -0.15) is 0 Å². The first-order valence-corrected chi connectivity index (χ1v) is 23.6. The molecule has 7 unspecified atom stereocenters. The number of aliphatic imine (C=N–C) groups is 1. The van der Waals surface area contributed by atoms with E-state index in [-0.39, 0.29) is 89.8 Å². The van der Waals surface area contributed by atoms with Crippen molar-refractivity contribution < 1.29 is 47.9 Å². The highest BCUT2D eigenvalue weighted by Gasteiger charge is 2.35. The molecule has 3 aromatic rings. The molecule has 10 amide bonds. The first kappa shape index (κ1) is 56.5. The molecule has 2 aromatic carbocycles. The average Bonchev–Trinajstić information content (AvgIpc) is 3.74. The number of aromatic nitrogens is 1. The van der Waals surface area contributed by atoms with Crippen LogP contribution in [0.4, 0.5) is 0 Å². The third-order valence-electron chi connectivity index (χ3n) is 11.6. The summed E-state index contributed by atoms with van der Waals surface area (Å²) in [5.74, 6) is -8.53. The van der Waals surface area contributed by atoms with Gasteiger partial charge in [-0.05, 0) is 68.7 Å². The molecule has 390 valence electrons. The van der Waals surface area contributed by atoms with Crippen LogP contribution >= 0.6 is 0 Å². The Balaban J connectivity index is 1.77. The largest absolute Gasteiger partial charge is 0.370 e. The number of carbonyl (C=O) groups excluding carboxylic acids is 10. The summed E-state index contributed by atoms with van der Waals surface area (Å²) in [6, 6.07) is 6.01. The van der Waals surface area contributed by atoms with Gasteiger partial charge in [0.1, 0.15) is 42.3 Å². The second-order valence-corrected chi connectivity index (χ2v) is 17.4. The number of amides is 10. The summed E-state index contributed by atoms with van der Waals surface area (Å²) in [6.07, 6.45) is 0.621. The van der Waals surface area contributed by atoms with Crippen molar-refractivity contribution in [3.05, 3.63) is 71.9 Å². The van der Waals surface area contributed by atoms with Crippen LogP contribution < -0.4 is 71.2 Å². The molecule has 1 aromatic heterocycles. The van der Waals surface area contributed by atoms with Crippen molar-refractivity contribution in [3.63, 3.8) is 0 Å². The van der Waals surface area contributed by atoms with E-state index in [2.05, 4.69) is 52.5 Å². The van der Waals surface area contributed by atoms with E-state index < -0.39 is 108 Å². The summed E-state index contributed by atoms with van der Waals surface area (Å²) < 4.78 is 0. The molecule has 1 saturated heterocycles. The summed E-state index contributed by atoms with van der Waals surface area (Å²) in [5.41, 5.74) is 30.0. The van der Waals surface area contributed by atoms with Gasteiger partial charge in [-0.3, -0.25) is 52.9 Å². The van der Waals surface area contributed by atoms with Crippen molar-refractivity contribution >= 4 is 75.9 Å². The van der Waals surface area contributed by atoms with E-state index in [4.69, 9.17) is 28.7 Å². The Hall–Kier alpha value is -8.09. The summed E-state index contributed by atoms with van der Waals surface area (Å²) in [4.78, 5) is 142. The monoisotopic (exact) mass is 1000 g/mol. The molecular formula is C47H67N15O10. The van der Waals surface area contributed by atoms with Gasteiger partial charge in [0.15, 0.2) is 5.96 Å². The molecule has 0 aliphatic carbocycles. The molecule has 1 aliphatic heterocycles. The number of para-hydroxylation sites is 1. The van der Waals surface area contributed by atoms with E-state index in [0.717, 1.165) is 17.8 Å². The molecule has 1 aliphatic rings. The van der Waals surface area contributed by atoms with Crippen LogP contribution in [-0.4, -0.2) is 132 Å². The molecule has 19 N–H and O–H groups in total. The summed E-state index contributed by atoms with van der Waals surface area (Å²) in [6.45, 7) is 1.02.